The number of benzene rings is 1. The number of carboxylic acid groups (broad SMARTS) is 1. The average molecular weight is 689 g/mol. The van der Waals surface area contributed by atoms with Gasteiger partial charge in [-0.1, -0.05) is 30.2 Å². The van der Waals surface area contributed by atoms with Gasteiger partial charge in [0.2, 0.25) is 23.4 Å². The summed E-state index contributed by atoms with van der Waals surface area (Å²) in [5.74, 6) is -5.47. The topological polar surface area (TPSA) is 177 Å². The third-order valence-electron chi connectivity index (χ3n) is 8.93. The summed E-state index contributed by atoms with van der Waals surface area (Å²) in [7, 11) is 0. The number of carboxylic acids is 1. The lowest BCUT2D eigenvalue weighted by Crippen LogP contribution is -2.56. The molecule has 4 heterocycles. The molecule has 3 aromatic rings. The number of nitrogens with zero attached hydrogens (tertiary/aromatic N) is 4. The van der Waals surface area contributed by atoms with Crippen molar-refractivity contribution in [3.05, 3.63) is 59.4 Å². The number of aromatic nitrogens is 3. The van der Waals surface area contributed by atoms with E-state index in [4.69, 9.17) is 9.26 Å². The molecule has 0 spiro atoms. The van der Waals surface area contributed by atoms with Crippen molar-refractivity contribution in [3.8, 4) is 5.88 Å². The van der Waals surface area contributed by atoms with E-state index in [1.165, 1.54) is 6.07 Å². The maximum Gasteiger partial charge on any atom is 0.438 e. The lowest BCUT2D eigenvalue weighted by molar-refractivity contribution is -0.145. The zero-order chi connectivity index (χ0) is 35.1. The monoisotopic (exact) mass is 688 g/mol. The number of halogens is 4. The molecule has 0 radical (unpaired) electrons. The number of fused-ring (bicyclic) bond motifs is 3. The van der Waals surface area contributed by atoms with Gasteiger partial charge in [0.15, 0.2) is 5.69 Å². The van der Waals surface area contributed by atoms with E-state index in [0.717, 1.165) is 23.1 Å². The molecule has 0 unspecified atom stereocenters. The van der Waals surface area contributed by atoms with Gasteiger partial charge in [0.25, 0.3) is 5.91 Å². The SMILES string of the molecule is Cc1cc(C(=O)N[C@H]2CCCCCC=C[C@@H]3C[C@@]3(C(=O)O)NC(=O)[C@@H]3C[C@@H](Oc4nc5cc(F)ccc5nc4C(F)(F)F)CN3C2=O)no1. The molecule has 3 N–H and O–H groups in total. The molecule has 49 heavy (non-hydrogen) atoms. The lowest BCUT2D eigenvalue weighted by Gasteiger charge is -2.29. The first-order valence-electron chi connectivity index (χ1n) is 15.7. The molecule has 1 aliphatic carbocycles. The van der Waals surface area contributed by atoms with Gasteiger partial charge >= 0.3 is 12.1 Å². The van der Waals surface area contributed by atoms with Gasteiger partial charge in [-0.15, -0.1) is 0 Å². The van der Waals surface area contributed by atoms with E-state index in [0.29, 0.717) is 31.4 Å². The number of hydrogen-bond donors (Lipinski definition) is 3. The summed E-state index contributed by atoms with van der Waals surface area (Å²) in [6.07, 6.45) is -0.278. The van der Waals surface area contributed by atoms with Crippen LogP contribution in [-0.4, -0.2) is 79.1 Å². The number of aryl methyl sites for hydroxylation is 1. The van der Waals surface area contributed by atoms with E-state index >= 15 is 0 Å². The standard InChI is InChI=1S/C32H32F4N6O7/c1-16-11-23(41-49-16)26(43)38-21-8-6-4-2-3-5-7-17-14-31(17,30(46)47)40-27(44)24-13-19(15-42(24)29(21)45)48-28-25(32(34,35)36)37-20-10-9-18(33)12-22(20)39-28/h5,7,9-12,17,19,21,24H,2-4,6,8,13-15H2,1H3,(H,38,43)(H,40,44)(H,46,47)/t17-,19-,21+,24+,31-/m1/s1. The van der Waals surface area contributed by atoms with Gasteiger partial charge in [-0.25, -0.2) is 19.2 Å². The fourth-order valence-corrected chi connectivity index (χ4v) is 6.29. The Bertz CT molecular complexity index is 1830. The van der Waals surface area contributed by atoms with Crippen LogP contribution in [0.2, 0.25) is 0 Å². The normalized spacial score (nSPS) is 26.3. The van der Waals surface area contributed by atoms with E-state index in [-0.39, 0.29) is 36.0 Å². The van der Waals surface area contributed by atoms with Gasteiger partial charge in [0.05, 0.1) is 17.6 Å². The second kappa shape index (κ2) is 13.1. The van der Waals surface area contributed by atoms with Crippen LogP contribution in [0.4, 0.5) is 17.6 Å². The van der Waals surface area contributed by atoms with Gasteiger partial charge in [0.1, 0.15) is 35.3 Å². The summed E-state index contributed by atoms with van der Waals surface area (Å²) in [4.78, 5) is 61.9. The van der Waals surface area contributed by atoms with Gasteiger partial charge in [0, 0.05) is 24.5 Å². The predicted octanol–water partition coefficient (Wildman–Crippen LogP) is 3.71. The summed E-state index contributed by atoms with van der Waals surface area (Å²) in [6.45, 7) is 1.16. The highest BCUT2D eigenvalue weighted by atomic mass is 19.4. The van der Waals surface area contributed by atoms with Crippen LogP contribution in [0.25, 0.3) is 11.0 Å². The van der Waals surface area contributed by atoms with Crippen LogP contribution in [0.5, 0.6) is 5.88 Å². The number of aliphatic carboxylic acids is 1. The second-order valence-corrected chi connectivity index (χ2v) is 12.5. The number of allylic oxidation sites excluding steroid dienone is 1. The first-order chi connectivity index (χ1) is 23.2. The zero-order valence-electron chi connectivity index (χ0n) is 26.1. The number of carbonyl (C=O) groups excluding carboxylic acids is 3. The molecule has 3 aliphatic rings. The number of hydrogen-bond acceptors (Lipinski definition) is 9. The highest BCUT2D eigenvalue weighted by molar-refractivity contribution is 5.98. The molecule has 2 aliphatic heterocycles. The van der Waals surface area contributed by atoms with E-state index in [1.54, 1.807) is 13.0 Å². The van der Waals surface area contributed by atoms with Crippen LogP contribution in [-0.2, 0) is 20.6 Å². The molecule has 0 bridgehead atoms. The highest BCUT2D eigenvalue weighted by Gasteiger charge is 2.61. The lowest BCUT2D eigenvalue weighted by atomic mass is 10.0. The smallest absolute Gasteiger partial charge is 0.438 e. The Balaban J connectivity index is 1.34. The van der Waals surface area contributed by atoms with Gasteiger partial charge in [-0.2, -0.15) is 13.2 Å². The second-order valence-electron chi connectivity index (χ2n) is 12.5. The Morgan fingerprint density at radius 2 is 1.94 bits per heavy atom. The molecule has 2 fully saturated rings. The minimum absolute atomic E-state index is 0.0857. The highest BCUT2D eigenvalue weighted by Crippen LogP contribution is 2.45. The van der Waals surface area contributed by atoms with E-state index in [1.807, 2.05) is 6.08 Å². The van der Waals surface area contributed by atoms with Crippen LogP contribution in [0, 0.1) is 18.7 Å². The third kappa shape index (κ3) is 7.05. The molecule has 2 aromatic heterocycles. The zero-order valence-corrected chi connectivity index (χ0v) is 26.1. The molecule has 1 saturated carbocycles. The summed E-state index contributed by atoms with van der Waals surface area (Å²) < 4.78 is 66.9. The van der Waals surface area contributed by atoms with Crippen LogP contribution >= 0.6 is 0 Å². The number of alkyl halides is 3. The van der Waals surface area contributed by atoms with Crippen LogP contribution < -0.4 is 15.4 Å². The maximum absolute atomic E-state index is 14.2. The fourth-order valence-electron chi connectivity index (χ4n) is 6.29. The van der Waals surface area contributed by atoms with E-state index in [2.05, 4.69) is 25.8 Å². The quantitative estimate of drug-likeness (QED) is 0.265. The Morgan fingerprint density at radius 1 is 1.14 bits per heavy atom. The van der Waals surface area contributed by atoms with Crippen molar-refractivity contribution < 1.29 is 51.1 Å². The van der Waals surface area contributed by atoms with Crippen LogP contribution in [0.1, 0.15) is 66.9 Å². The number of carbonyl (C=O) groups is 4. The van der Waals surface area contributed by atoms with Crippen LogP contribution in [0.15, 0.2) is 40.9 Å². The molecule has 5 atom stereocenters. The predicted molar refractivity (Wildman–Crippen MR) is 160 cm³/mol. The number of ether oxygens (including phenoxy) is 1. The maximum atomic E-state index is 14.2. The Kier molecular flexibility index (Phi) is 9.02. The van der Waals surface area contributed by atoms with Crippen molar-refractivity contribution in [2.24, 2.45) is 5.92 Å². The van der Waals surface area contributed by atoms with Crippen molar-refractivity contribution in [3.63, 3.8) is 0 Å². The largest absolute Gasteiger partial charge is 0.479 e. The third-order valence-corrected chi connectivity index (χ3v) is 8.93. The first kappa shape index (κ1) is 33.8. The number of amides is 3. The summed E-state index contributed by atoms with van der Waals surface area (Å²) >= 11 is 0. The first-order valence-corrected chi connectivity index (χ1v) is 15.7. The van der Waals surface area contributed by atoms with Gasteiger partial charge in [-0.05, 0) is 44.7 Å². The van der Waals surface area contributed by atoms with Crippen LogP contribution in [0.3, 0.4) is 0 Å². The molecule has 1 saturated heterocycles. The van der Waals surface area contributed by atoms with Gasteiger partial charge in [-0.3, -0.25) is 14.4 Å². The van der Waals surface area contributed by atoms with Crippen molar-refractivity contribution >= 4 is 34.7 Å². The van der Waals surface area contributed by atoms with E-state index < -0.39 is 83.4 Å². The summed E-state index contributed by atoms with van der Waals surface area (Å²) in [6, 6.07) is 1.67. The van der Waals surface area contributed by atoms with Crippen molar-refractivity contribution in [1.82, 2.24) is 30.7 Å². The Labute approximate surface area is 276 Å². The van der Waals surface area contributed by atoms with Crippen molar-refractivity contribution in [2.45, 2.75) is 81.8 Å². The minimum Gasteiger partial charge on any atom is -0.479 e. The molecule has 260 valence electrons. The molecule has 13 nitrogen and oxygen atoms in total. The molecule has 3 amide bonds. The Morgan fingerprint density at radius 3 is 2.65 bits per heavy atom. The summed E-state index contributed by atoms with van der Waals surface area (Å²) in [5.41, 5.74) is -3.65. The molecule has 17 heteroatoms. The molecular weight excluding hydrogens is 656 g/mol. The molecular formula is C32H32F4N6O7. The molecule has 1 aromatic carbocycles. The van der Waals surface area contributed by atoms with Gasteiger partial charge < -0.3 is 29.9 Å². The molecule has 6 rings (SSSR count). The minimum atomic E-state index is -5.03. The van der Waals surface area contributed by atoms with E-state index in [9.17, 15) is 41.8 Å². The van der Waals surface area contributed by atoms with Crippen molar-refractivity contribution in [2.75, 3.05) is 6.54 Å². The number of nitrogens with one attached hydrogen (secondary N) is 2. The Hall–Kier alpha value is -5.09. The van der Waals surface area contributed by atoms with Crippen molar-refractivity contribution in [1.29, 1.82) is 0 Å². The fraction of sp³-hybridized carbons (Fsp3) is 0.469. The number of rotatable bonds is 5. The summed E-state index contributed by atoms with van der Waals surface area (Å²) in [5, 5.41) is 18.9. The average Bonchev–Trinajstić information content (AvgIpc) is 3.32.